The molecule has 21 heavy (non-hydrogen) atoms. The third kappa shape index (κ3) is 3.03. The van der Waals surface area contributed by atoms with Crippen LogP contribution in [-0.4, -0.2) is 34.3 Å². The van der Waals surface area contributed by atoms with Crippen LogP contribution < -0.4 is 4.90 Å². The lowest BCUT2D eigenvalue weighted by Gasteiger charge is -2.31. The van der Waals surface area contributed by atoms with Gasteiger partial charge in [-0.2, -0.15) is 0 Å². The van der Waals surface area contributed by atoms with Crippen LogP contribution in [-0.2, 0) is 0 Å². The SMILES string of the molecule is Cc1ccc(-c2nccc(N3CCCC(O)C3)n2)c(F)c1. The monoisotopic (exact) mass is 287 g/mol. The number of hydrogen-bond donors (Lipinski definition) is 1. The van der Waals surface area contributed by atoms with Gasteiger partial charge in [-0.25, -0.2) is 14.4 Å². The number of aromatic nitrogens is 2. The quantitative estimate of drug-likeness (QED) is 0.922. The van der Waals surface area contributed by atoms with Crippen molar-refractivity contribution in [1.82, 2.24) is 9.97 Å². The predicted molar refractivity (Wildman–Crippen MR) is 79.6 cm³/mol. The molecule has 0 radical (unpaired) electrons. The van der Waals surface area contributed by atoms with Gasteiger partial charge in [0.1, 0.15) is 11.6 Å². The first-order valence-corrected chi connectivity index (χ1v) is 7.16. The molecule has 3 rings (SSSR count). The van der Waals surface area contributed by atoms with Gasteiger partial charge in [-0.3, -0.25) is 0 Å². The number of piperidine rings is 1. The van der Waals surface area contributed by atoms with Gasteiger partial charge in [-0.1, -0.05) is 6.07 Å². The van der Waals surface area contributed by atoms with Crippen molar-refractivity contribution in [3.63, 3.8) is 0 Å². The number of aliphatic hydroxyl groups is 1. The number of rotatable bonds is 2. The largest absolute Gasteiger partial charge is 0.391 e. The van der Waals surface area contributed by atoms with Crippen molar-refractivity contribution in [2.24, 2.45) is 0 Å². The lowest BCUT2D eigenvalue weighted by atomic mass is 10.1. The van der Waals surface area contributed by atoms with E-state index in [-0.39, 0.29) is 11.9 Å². The highest BCUT2D eigenvalue weighted by Crippen LogP contribution is 2.23. The average Bonchev–Trinajstić information content (AvgIpc) is 2.47. The molecule has 0 spiro atoms. The normalized spacial score (nSPS) is 18.8. The molecule has 1 aromatic heterocycles. The maximum Gasteiger partial charge on any atom is 0.164 e. The highest BCUT2D eigenvalue weighted by Gasteiger charge is 2.19. The summed E-state index contributed by atoms with van der Waals surface area (Å²) in [4.78, 5) is 10.6. The Hall–Kier alpha value is -2.01. The summed E-state index contributed by atoms with van der Waals surface area (Å²) >= 11 is 0. The van der Waals surface area contributed by atoms with Crippen LogP contribution in [0.25, 0.3) is 11.4 Å². The molecule has 110 valence electrons. The van der Waals surface area contributed by atoms with Gasteiger partial charge in [0, 0.05) is 19.3 Å². The summed E-state index contributed by atoms with van der Waals surface area (Å²) in [5.41, 5.74) is 1.27. The summed E-state index contributed by atoms with van der Waals surface area (Å²) < 4.78 is 14.0. The molecule has 0 amide bonds. The maximum absolute atomic E-state index is 14.0. The number of anilines is 1. The molecular formula is C16H18FN3O. The molecule has 1 unspecified atom stereocenters. The number of hydrogen-bond acceptors (Lipinski definition) is 4. The van der Waals surface area contributed by atoms with E-state index in [0.29, 0.717) is 17.9 Å². The summed E-state index contributed by atoms with van der Waals surface area (Å²) in [5, 5.41) is 9.76. The minimum atomic E-state index is -0.326. The zero-order chi connectivity index (χ0) is 14.8. The van der Waals surface area contributed by atoms with Crippen LogP contribution in [0.15, 0.2) is 30.5 Å². The molecule has 1 aliphatic rings. The van der Waals surface area contributed by atoms with Crippen LogP contribution in [0.4, 0.5) is 10.2 Å². The fourth-order valence-electron chi connectivity index (χ4n) is 2.62. The number of benzene rings is 1. The Morgan fingerprint density at radius 3 is 2.95 bits per heavy atom. The highest BCUT2D eigenvalue weighted by molar-refractivity contribution is 5.58. The molecule has 1 aliphatic heterocycles. The molecule has 1 atom stereocenters. The first-order chi connectivity index (χ1) is 10.1. The Labute approximate surface area is 123 Å². The minimum absolute atomic E-state index is 0.314. The number of aryl methyl sites for hydroxylation is 1. The summed E-state index contributed by atoms with van der Waals surface area (Å²) in [6, 6.07) is 6.83. The molecule has 0 bridgehead atoms. The first kappa shape index (κ1) is 13.9. The Morgan fingerprint density at radius 2 is 2.19 bits per heavy atom. The summed E-state index contributed by atoms with van der Waals surface area (Å²) in [5.74, 6) is 0.801. The van der Waals surface area contributed by atoms with Gasteiger partial charge in [0.15, 0.2) is 5.82 Å². The highest BCUT2D eigenvalue weighted by atomic mass is 19.1. The second-order valence-electron chi connectivity index (χ2n) is 5.46. The van der Waals surface area contributed by atoms with Crippen molar-refractivity contribution in [3.8, 4) is 11.4 Å². The van der Waals surface area contributed by atoms with E-state index in [1.54, 1.807) is 18.3 Å². The minimum Gasteiger partial charge on any atom is -0.391 e. The summed E-state index contributed by atoms with van der Waals surface area (Å²) in [6.45, 7) is 3.26. The van der Waals surface area contributed by atoms with Gasteiger partial charge in [0.05, 0.1) is 11.7 Å². The van der Waals surface area contributed by atoms with Crippen LogP contribution in [0.5, 0.6) is 0 Å². The zero-order valence-electron chi connectivity index (χ0n) is 12.0. The lowest BCUT2D eigenvalue weighted by molar-refractivity contribution is 0.154. The third-order valence-corrected chi connectivity index (χ3v) is 3.73. The molecule has 1 fully saturated rings. The van der Waals surface area contributed by atoms with E-state index in [0.717, 1.165) is 30.8 Å². The van der Waals surface area contributed by atoms with E-state index >= 15 is 0 Å². The smallest absolute Gasteiger partial charge is 0.164 e. The third-order valence-electron chi connectivity index (χ3n) is 3.73. The Balaban J connectivity index is 1.92. The number of halogens is 1. The number of aliphatic hydroxyl groups excluding tert-OH is 1. The molecule has 0 saturated carbocycles. The van der Waals surface area contributed by atoms with Crippen molar-refractivity contribution in [1.29, 1.82) is 0 Å². The maximum atomic E-state index is 14.0. The predicted octanol–water partition coefficient (Wildman–Crippen LogP) is 2.55. The van der Waals surface area contributed by atoms with Crippen molar-refractivity contribution < 1.29 is 9.50 Å². The van der Waals surface area contributed by atoms with E-state index in [1.165, 1.54) is 6.07 Å². The Morgan fingerprint density at radius 1 is 1.33 bits per heavy atom. The van der Waals surface area contributed by atoms with E-state index in [9.17, 15) is 9.50 Å². The topological polar surface area (TPSA) is 49.2 Å². The van der Waals surface area contributed by atoms with E-state index in [2.05, 4.69) is 9.97 Å². The standard InChI is InChI=1S/C16H18FN3O/c1-11-4-5-13(14(17)9-11)16-18-7-6-15(19-16)20-8-2-3-12(21)10-20/h4-7,9,12,21H,2-3,8,10H2,1H3. The van der Waals surface area contributed by atoms with Crippen molar-refractivity contribution in [2.75, 3.05) is 18.0 Å². The second kappa shape index (κ2) is 5.77. The van der Waals surface area contributed by atoms with Crippen LogP contribution in [0.2, 0.25) is 0 Å². The Kier molecular flexibility index (Phi) is 3.84. The molecule has 1 aromatic carbocycles. The lowest BCUT2D eigenvalue weighted by Crippen LogP contribution is -2.38. The van der Waals surface area contributed by atoms with E-state index in [4.69, 9.17) is 0 Å². The zero-order valence-corrected chi connectivity index (χ0v) is 12.0. The molecule has 1 N–H and O–H groups in total. The summed E-state index contributed by atoms with van der Waals surface area (Å²) in [6.07, 6.45) is 3.06. The van der Waals surface area contributed by atoms with Crippen molar-refractivity contribution >= 4 is 5.82 Å². The summed E-state index contributed by atoms with van der Waals surface area (Å²) in [7, 11) is 0. The van der Waals surface area contributed by atoms with Crippen LogP contribution >= 0.6 is 0 Å². The molecule has 1 saturated heterocycles. The molecular weight excluding hydrogens is 269 g/mol. The second-order valence-corrected chi connectivity index (χ2v) is 5.46. The van der Waals surface area contributed by atoms with Gasteiger partial charge in [-0.05, 0) is 43.5 Å². The fraction of sp³-hybridized carbons (Fsp3) is 0.375. The molecule has 5 heteroatoms. The first-order valence-electron chi connectivity index (χ1n) is 7.16. The van der Waals surface area contributed by atoms with Crippen LogP contribution in [0.3, 0.4) is 0 Å². The van der Waals surface area contributed by atoms with E-state index in [1.807, 2.05) is 17.9 Å². The molecule has 4 nitrogen and oxygen atoms in total. The van der Waals surface area contributed by atoms with Crippen LogP contribution in [0.1, 0.15) is 18.4 Å². The van der Waals surface area contributed by atoms with Gasteiger partial charge in [0.25, 0.3) is 0 Å². The van der Waals surface area contributed by atoms with E-state index < -0.39 is 0 Å². The average molecular weight is 287 g/mol. The van der Waals surface area contributed by atoms with Gasteiger partial charge < -0.3 is 10.0 Å². The number of β-amino-alcohol motifs (C(OH)–C–C–N with tert-alkyl or cyclic N) is 1. The Bertz CT molecular complexity index is 647. The van der Waals surface area contributed by atoms with Gasteiger partial charge in [-0.15, -0.1) is 0 Å². The van der Waals surface area contributed by atoms with Crippen LogP contribution in [0, 0.1) is 12.7 Å². The molecule has 2 aromatic rings. The number of nitrogens with zero attached hydrogens (tertiary/aromatic N) is 3. The van der Waals surface area contributed by atoms with Gasteiger partial charge >= 0.3 is 0 Å². The molecule has 2 heterocycles. The fourth-order valence-corrected chi connectivity index (χ4v) is 2.62. The van der Waals surface area contributed by atoms with Crippen molar-refractivity contribution in [2.45, 2.75) is 25.9 Å². The molecule has 0 aliphatic carbocycles. The van der Waals surface area contributed by atoms with Gasteiger partial charge in [0.2, 0.25) is 0 Å². The van der Waals surface area contributed by atoms with Crippen molar-refractivity contribution in [3.05, 3.63) is 41.8 Å².